The van der Waals surface area contributed by atoms with Crippen LogP contribution in [0.25, 0.3) is 0 Å². The Morgan fingerprint density at radius 3 is 2.13 bits per heavy atom. The molecule has 0 fully saturated rings. The first-order chi connectivity index (χ1) is 14.1. The minimum atomic E-state index is -0.153. The van der Waals surface area contributed by atoms with Crippen LogP contribution in [0.4, 0.5) is 5.69 Å². The van der Waals surface area contributed by atoms with Crippen molar-refractivity contribution in [3.8, 4) is 11.5 Å². The number of para-hydroxylation sites is 1. The van der Waals surface area contributed by atoms with Crippen LogP contribution < -0.4 is 9.64 Å². The monoisotopic (exact) mass is 614 g/mol. The first kappa shape index (κ1) is 22.8. The van der Waals surface area contributed by atoms with E-state index in [9.17, 15) is 9.90 Å². The van der Waals surface area contributed by atoms with Gasteiger partial charge in [-0.25, -0.2) is 0 Å². The van der Waals surface area contributed by atoms with Crippen LogP contribution in [0.5, 0.6) is 11.5 Å². The standard InChI is InChI=1S/C25H25NO3.Ac/c1-25(19-10-4-2-5-11-19,20-12-6-3-7-13-20)16-9-17-26-21-14-8-15-22(27)24(21)29-18-23(26)28;/h2-8,10-15,27H,9,16-18H2,1H3;. The zero-order valence-corrected chi connectivity index (χ0v) is 21.9. The molecule has 3 aromatic carbocycles. The summed E-state index contributed by atoms with van der Waals surface area (Å²) in [4.78, 5) is 14.2. The number of phenols is 1. The third kappa shape index (κ3) is 4.58. The Hall–Kier alpha value is -1.83. The number of amides is 1. The molecule has 5 heteroatoms. The number of ether oxygens (including phenoxy) is 1. The second-order valence-electron chi connectivity index (χ2n) is 7.63. The molecule has 1 heterocycles. The fourth-order valence-electron chi connectivity index (χ4n) is 4.12. The molecule has 4 nitrogen and oxygen atoms in total. The zero-order chi connectivity index (χ0) is 20.3. The predicted molar refractivity (Wildman–Crippen MR) is 115 cm³/mol. The Morgan fingerprint density at radius 2 is 1.53 bits per heavy atom. The maximum absolute atomic E-state index is 12.5. The average Bonchev–Trinajstić information content (AvgIpc) is 2.76. The summed E-state index contributed by atoms with van der Waals surface area (Å²) >= 11 is 0. The first-order valence-corrected chi connectivity index (χ1v) is 9.96. The zero-order valence-electron chi connectivity index (χ0n) is 17.1. The number of fused-ring (bicyclic) bond motifs is 1. The van der Waals surface area contributed by atoms with E-state index in [1.54, 1.807) is 17.0 Å². The molecule has 0 saturated carbocycles. The summed E-state index contributed by atoms with van der Waals surface area (Å²) in [6.45, 7) is 2.80. The topological polar surface area (TPSA) is 49.8 Å². The van der Waals surface area contributed by atoms with Gasteiger partial charge in [0, 0.05) is 56.0 Å². The van der Waals surface area contributed by atoms with Gasteiger partial charge in [-0.2, -0.15) is 0 Å². The second kappa shape index (κ2) is 9.99. The van der Waals surface area contributed by atoms with Gasteiger partial charge in [0.15, 0.2) is 18.1 Å². The van der Waals surface area contributed by atoms with Crippen molar-refractivity contribution in [3.63, 3.8) is 0 Å². The van der Waals surface area contributed by atoms with Crippen molar-refractivity contribution >= 4 is 11.6 Å². The molecule has 0 spiro atoms. The molecule has 0 atom stereocenters. The van der Waals surface area contributed by atoms with Gasteiger partial charge in [0.25, 0.3) is 5.91 Å². The number of carbonyl (C=O) groups is 1. The van der Waals surface area contributed by atoms with Crippen LogP contribution in [0.2, 0.25) is 0 Å². The van der Waals surface area contributed by atoms with Crippen LogP contribution in [0.15, 0.2) is 78.9 Å². The van der Waals surface area contributed by atoms with E-state index in [0.717, 1.165) is 12.8 Å². The molecule has 1 aliphatic heterocycles. The van der Waals surface area contributed by atoms with Gasteiger partial charge in [-0.3, -0.25) is 4.79 Å². The second-order valence-corrected chi connectivity index (χ2v) is 7.63. The van der Waals surface area contributed by atoms with E-state index >= 15 is 0 Å². The van der Waals surface area contributed by atoms with Crippen LogP contribution in [0.1, 0.15) is 30.9 Å². The third-order valence-corrected chi connectivity index (χ3v) is 5.79. The third-order valence-electron chi connectivity index (χ3n) is 5.79. The normalized spacial score (nSPS) is 13.2. The van der Waals surface area contributed by atoms with E-state index < -0.39 is 0 Å². The summed E-state index contributed by atoms with van der Waals surface area (Å²) in [5, 5.41) is 10.0. The molecule has 1 radical (unpaired) electrons. The summed E-state index contributed by atoms with van der Waals surface area (Å²) in [7, 11) is 0. The number of rotatable bonds is 6. The maximum Gasteiger partial charge on any atom is 0.265 e. The number of anilines is 1. The molecule has 4 rings (SSSR count). The molecule has 3 aromatic rings. The van der Waals surface area contributed by atoms with Crippen molar-refractivity contribution in [1.82, 2.24) is 0 Å². The summed E-state index contributed by atoms with van der Waals surface area (Å²) < 4.78 is 5.44. The largest absolute Gasteiger partial charge is 0.504 e. The quantitative estimate of drug-likeness (QED) is 0.430. The minimum absolute atomic E-state index is 0. The van der Waals surface area contributed by atoms with Gasteiger partial charge in [0.2, 0.25) is 0 Å². The van der Waals surface area contributed by atoms with E-state index in [2.05, 4.69) is 55.5 Å². The van der Waals surface area contributed by atoms with E-state index in [1.807, 2.05) is 18.2 Å². The molecule has 0 bridgehead atoms. The van der Waals surface area contributed by atoms with E-state index in [4.69, 9.17) is 4.74 Å². The SMILES string of the molecule is CC(CCCN1C(=O)COc2c(O)cccc21)(c1ccccc1)c1ccccc1.[Ac]. The number of aromatic hydroxyl groups is 1. The summed E-state index contributed by atoms with van der Waals surface area (Å²) in [5.41, 5.74) is 3.01. The smallest absolute Gasteiger partial charge is 0.265 e. The van der Waals surface area contributed by atoms with Crippen LogP contribution in [-0.4, -0.2) is 24.2 Å². The van der Waals surface area contributed by atoms with Crippen molar-refractivity contribution in [2.45, 2.75) is 25.2 Å². The number of benzene rings is 3. The van der Waals surface area contributed by atoms with Crippen molar-refractivity contribution in [2.24, 2.45) is 0 Å². The Labute approximate surface area is 213 Å². The summed E-state index contributed by atoms with van der Waals surface area (Å²) in [5.74, 6) is 0.378. The summed E-state index contributed by atoms with van der Waals surface area (Å²) in [6.07, 6.45) is 1.71. The van der Waals surface area contributed by atoms with Crippen molar-refractivity contribution in [3.05, 3.63) is 90.0 Å². The summed E-state index contributed by atoms with van der Waals surface area (Å²) in [6, 6.07) is 26.1. The average molecular weight is 614 g/mol. The molecule has 0 aliphatic carbocycles. The predicted octanol–water partition coefficient (Wildman–Crippen LogP) is 4.90. The molecule has 1 aliphatic rings. The Kier molecular flexibility index (Phi) is 7.61. The number of phenolic OH excluding ortho intramolecular Hbond substituents is 1. The van der Waals surface area contributed by atoms with E-state index in [-0.39, 0.29) is 67.7 Å². The van der Waals surface area contributed by atoms with Gasteiger partial charge >= 0.3 is 0 Å². The van der Waals surface area contributed by atoms with Crippen LogP contribution >= 0.6 is 0 Å². The van der Waals surface area contributed by atoms with Crippen molar-refractivity contribution in [1.29, 1.82) is 0 Å². The Bertz CT molecular complexity index is 952. The van der Waals surface area contributed by atoms with Gasteiger partial charge in [-0.05, 0) is 36.1 Å². The first-order valence-electron chi connectivity index (χ1n) is 9.96. The number of hydrogen-bond acceptors (Lipinski definition) is 3. The van der Waals surface area contributed by atoms with Gasteiger partial charge in [-0.15, -0.1) is 0 Å². The van der Waals surface area contributed by atoms with E-state index in [0.29, 0.717) is 18.0 Å². The molecular formula is C25H25AcNO3. The molecule has 1 amide bonds. The van der Waals surface area contributed by atoms with Crippen LogP contribution in [0.3, 0.4) is 0 Å². The molecule has 151 valence electrons. The molecule has 0 aromatic heterocycles. The van der Waals surface area contributed by atoms with Crippen molar-refractivity contribution in [2.75, 3.05) is 18.1 Å². The number of hydrogen-bond donors (Lipinski definition) is 1. The minimum Gasteiger partial charge on any atom is -0.504 e. The number of nitrogens with zero attached hydrogens (tertiary/aromatic N) is 1. The van der Waals surface area contributed by atoms with Gasteiger partial charge in [0.1, 0.15) is 0 Å². The Morgan fingerprint density at radius 1 is 0.933 bits per heavy atom. The van der Waals surface area contributed by atoms with Gasteiger partial charge in [-0.1, -0.05) is 73.7 Å². The van der Waals surface area contributed by atoms with Gasteiger partial charge in [0.05, 0.1) is 5.69 Å². The fourth-order valence-corrected chi connectivity index (χ4v) is 4.12. The van der Waals surface area contributed by atoms with E-state index in [1.165, 1.54) is 11.1 Å². The van der Waals surface area contributed by atoms with Crippen LogP contribution in [-0.2, 0) is 10.2 Å². The molecular weight excluding hydrogens is 589 g/mol. The van der Waals surface area contributed by atoms with Crippen LogP contribution in [0, 0.1) is 44.1 Å². The molecule has 0 saturated heterocycles. The molecule has 1 N–H and O–H groups in total. The fraction of sp³-hybridized carbons (Fsp3) is 0.240. The molecule has 0 unspecified atom stereocenters. The molecule has 30 heavy (non-hydrogen) atoms. The number of carbonyl (C=O) groups excluding carboxylic acids is 1. The van der Waals surface area contributed by atoms with Gasteiger partial charge < -0.3 is 14.7 Å². The maximum atomic E-state index is 12.5. The Balaban J connectivity index is 0.00000256. The van der Waals surface area contributed by atoms with Crippen molar-refractivity contribution < 1.29 is 58.7 Å².